The Morgan fingerprint density at radius 1 is 1.56 bits per heavy atom. The molecule has 1 aromatic heterocycles. The van der Waals surface area contributed by atoms with E-state index in [1.54, 1.807) is 17.3 Å². The minimum atomic E-state index is -0.0384. The number of thioether (sulfide) groups is 1. The van der Waals surface area contributed by atoms with Crippen molar-refractivity contribution in [3.8, 4) is 0 Å². The van der Waals surface area contributed by atoms with E-state index in [2.05, 4.69) is 10.3 Å². The van der Waals surface area contributed by atoms with Crippen LogP contribution in [0.25, 0.3) is 0 Å². The Morgan fingerprint density at radius 2 is 2.44 bits per heavy atom. The average Bonchev–Trinajstić information content (AvgIpc) is 2.81. The van der Waals surface area contributed by atoms with Crippen LogP contribution in [0.3, 0.4) is 0 Å². The summed E-state index contributed by atoms with van der Waals surface area (Å²) in [5.74, 6) is 0.791. The van der Waals surface area contributed by atoms with Crippen LogP contribution in [0.5, 0.6) is 0 Å². The van der Waals surface area contributed by atoms with Crippen LogP contribution >= 0.6 is 11.8 Å². The fourth-order valence-corrected chi connectivity index (χ4v) is 2.51. The van der Waals surface area contributed by atoms with Crippen molar-refractivity contribution in [1.82, 2.24) is 15.2 Å². The number of hydrogen-bond donors (Lipinski definition) is 1. The summed E-state index contributed by atoms with van der Waals surface area (Å²) in [6.45, 7) is 1.74. The average molecular weight is 265 g/mol. The van der Waals surface area contributed by atoms with Gasteiger partial charge in [-0.15, -0.1) is 0 Å². The molecule has 0 unspecified atom stereocenters. The van der Waals surface area contributed by atoms with Crippen LogP contribution in [0.2, 0.25) is 0 Å². The van der Waals surface area contributed by atoms with Gasteiger partial charge in [-0.1, -0.05) is 17.8 Å². The monoisotopic (exact) mass is 265 g/mol. The number of carbonyl (C=O) groups excluding carboxylic acids is 2. The number of amides is 2. The van der Waals surface area contributed by atoms with Crippen molar-refractivity contribution in [2.24, 2.45) is 0 Å². The van der Waals surface area contributed by atoms with Gasteiger partial charge < -0.3 is 10.2 Å². The summed E-state index contributed by atoms with van der Waals surface area (Å²) in [5.41, 5.74) is 0.971. The van der Waals surface area contributed by atoms with Crippen LogP contribution in [0.15, 0.2) is 24.5 Å². The molecule has 18 heavy (non-hydrogen) atoms. The lowest BCUT2D eigenvalue weighted by Gasteiger charge is -2.13. The van der Waals surface area contributed by atoms with Crippen molar-refractivity contribution in [2.75, 3.05) is 18.8 Å². The van der Waals surface area contributed by atoms with Crippen LogP contribution in [0, 0.1) is 0 Å². The van der Waals surface area contributed by atoms with Gasteiger partial charge in [0.1, 0.15) is 0 Å². The van der Waals surface area contributed by atoms with E-state index in [9.17, 15) is 9.59 Å². The Kier molecular flexibility index (Phi) is 4.58. The highest BCUT2D eigenvalue weighted by Crippen LogP contribution is 2.16. The van der Waals surface area contributed by atoms with Gasteiger partial charge in [0, 0.05) is 44.2 Å². The normalized spacial score (nSPS) is 14.9. The Bertz CT molecular complexity index is 425. The second-order valence-electron chi connectivity index (χ2n) is 3.99. The lowest BCUT2D eigenvalue weighted by atomic mass is 10.3. The minimum Gasteiger partial charge on any atom is -0.352 e. The molecular formula is C12H15N3O2S. The number of nitrogens with one attached hydrogen (secondary N) is 1. The lowest BCUT2D eigenvalue weighted by molar-refractivity contribution is -0.121. The van der Waals surface area contributed by atoms with Crippen LogP contribution in [0.4, 0.5) is 4.79 Å². The van der Waals surface area contributed by atoms with Gasteiger partial charge in [0.2, 0.25) is 5.91 Å². The molecule has 0 radical (unpaired) electrons. The van der Waals surface area contributed by atoms with E-state index in [4.69, 9.17) is 0 Å². The molecular weight excluding hydrogens is 250 g/mol. The van der Waals surface area contributed by atoms with Crippen LogP contribution in [-0.2, 0) is 11.3 Å². The van der Waals surface area contributed by atoms with Gasteiger partial charge in [0.15, 0.2) is 0 Å². The summed E-state index contributed by atoms with van der Waals surface area (Å²) >= 11 is 1.31. The maximum atomic E-state index is 11.6. The SMILES string of the molecule is O=C(CCN1CCSC1=O)NCc1cccnc1. The Hall–Kier alpha value is -1.56. The van der Waals surface area contributed by atoms with Crippen molar-refractivity contribution in [3.63, 3.8) is 0 Å². The first kappa shape index (κ1) is 12.9. The minimum absolute atomic E-state index is 0.0384. The predicted molar refractivity (Wildman–Crippen MR) is 70.1 cm³/mol. The van der Waals surface area contributed by atoms with E-state index in [-0.39, 0.29) is 11.1 Å². The first-order chi connectivity index (χ1) is 8.75. The molecule has 0 aliphatic carbocycles. The third kappa shape index (κ3) is 3.73. The zero-order chi connectivity index (χ0) is 12.8. The molecule has 2 heterocycles. The third-order valence-electron chi connectivity index (χ3n) is 2.67. The number of aromatic nitrogens is 1. The highest BCUT2D eigenvalue weighted by Gasteiger charge is 2.21. The molecule has 1 saturated heterocycles. The Labute approximate surface area is 110 Å². The van der Waals surface area contributed by atoms with Crippen LogP contribution < -0.4 is 5.32 Å². The van der Waals surface area contributed by atoms with Crippen molar-refractivity contribution in [1.29, 1.82) is 0 Å². The predicted octanol–water partition coefficient (Wildman–Crippen LogP) is 1.26. The largest absolute Gasteiger partial charge is 0.352 e. The molecule has 96 valence electrons. The Balaban J connectivity index is 1.68. The fourth-order valence-electron chi connectivity index (χ4n) is 1.66. The quantitative estimate of drug-likeness (QED) is 0.870. The second-order valence-corrected chi connectivity index (χ2v) is 5.04. The molecule has 6 heteroatoms. The van der Waals surface area contributed by atoms with Crippen molar-refractivity contribution < 1.29 is 9.59 Å². The maximum absolute atomic E-state index is 11.6. The van der Waals surface area contributed by atoms with E-state index in [0.717, 1.165) is 17.9 Å². The fraction of sp³-hybridized carbons (Fsp3) is 0.417. The summed E-state index contributed by atoms with van der Waals surface area (Å²) < 4.78 is 0. The number of hydrogen-bond acceptors (Lipinski definition) is 4. The molecule has 0 aromatic carbocycles. The summed E-state index contributed by atoms with van der Waals surface area (Å²) in [6.07, 6.45) is 3.77. The summed E-state index contributed by atoms with van der Waals surface area (Å²) in [5, 5.41) is 2.89. The van der Waals surface area contributed by atoms with E-state index in [0.29, 0.717) is 19.5 Å². The number of rotatable bonds is 5. The lowest BCUT2D eigenvalue weighted by Crippen LogP contribution is -2.30. The van der Waals surface area contributed by atoms with Gasteiger partial charge in [-0.2, -0.15) is 0 Å². The van der Waals surface area contributed by atoms with E-state index in [1.807, 2.05) is 12.1 Å². The summed E-state index contributed by atoms with van der Waals surface area (Å²) in [6, 6.07) is 3.75. The van der Waals surface area contributed by atoms with Crippen LogP contribution in [-0.4, -0.2) is 39.9 Å². The van der Waals surface area contributed by atoms with Gasteiger partial charge in [0.25, 0.3) is 5.24 Å². The van der Waals surface area contributed by atoms with Crippen molar-refractivity contribution in [3.05, 3.63) is 30.1 Å². The standard InChI is InChI=1S/C12H15N3O2S/c16-11(3-5-15-6-7-18-12(15)17)14-9-10-2-1-4-13-8-10/h1-2,4,8H,3,5-7,9H2,(H,14,16). The molecule has 2 amide bonds. The number of nitrogens with zero attached hydrogens (tertiary/aromatic N) is 2. The molecule has 1 N–H and O–H groups in total. The van der Waals surface area contributed by atoms with Gasteiger partial charge in [-0.25, -0.2) is 0 Å². The highest BCUT2D eigenvalue weighted by molar-refractivity contribution is 8.13. The molecule has 0 spiro atoms. The van der Waals surface area contributed by atoms with Crippen LogP contribution in [0.1, 0.15) is 12.0 Å². The second kappa shape index (κ2) is 6.39. The molecule has 0 bridgehead atoms. The summed E-state index contributed by atoms with van der Waals surface area (Å²) in [7, 11) is 0. The smallest absolute Gasteiger partial charge is 0.281 e. The van der Waals surface area contributed by atoms with Gasteiger partial charge >= 0.3 is 0 Å². The van der Waals surface area contributed by atoms with Gasteiger partial charge in [0.05, 0.1) is 0 Å². The van der Waals surface area contributed by atoms with Crippen molar-refractivity contribution in [2.45, 2.75) is 13.0 Å². The first-order valence-electron chi connectivity index (χ1n) is 5.83. The molecule has 1 fully saturated rings. The van der Waals surface area contributed by atoms with E-state index < -0.39 is 0 Å². The molecule has 5 nitrogen and oxygen atoms in total. The maximum Gasteiger partial charge on any atom is 0.281 e. The third-order valence-corrected chi connectivity index (χ3v) is 3.56. The topological polar surface area (TPSA) is 62.3 Å². The molecule has 1 aliphatic heterocycles. The van der Waals surface area contributed by atoms with Gasteiger partial charge in [-0.3, -0.25) is 14.6 Å². The van der Waals surface area contributed by atoms with Crippen molar-refractivity contribution >= 4 is 22.9 Å². The first-order valence-corrected chi connectivity index (χ1v) is 6.81. The van der Waals surface area contributed by atoms with E-state index in [1.165, 1.54) is 11.8 Å². The van der Waals surface area contributed by atoms with E-state index >= 15 is 0 Å². The molecule has 1 aromatic rings. The molecule has 0 saturated carbocycles. The Morgan fingerprint density at radius 3 is 3.11 bits per heavy atom. The zero-order valence-electron chi connectivity index (χ0n) is 9.96. The zero-order valence-corrected chi connectivity index (χ0v) is 10.8. The molecule has 2 rings (SSSR count). The number of carbonyl (C=O) groups is 2. The molecule has 0 atom stereocenters. The number of pyridine rings is 1. The molecule has 1 aliphatic rings. The van der Waals surface area contributed by atoms with Gasteiger partial charge in [-0.05, 0) is 11.6 Å². The summed E-state index contributed by atoms with van der Waals surface area (Å²) in [4.78, 5) is 28.6. The highest BCUT2D eigenvalue weighted by atomic mass is 32.2.